The Hall–Kier alpha value is -2.47. The summed E-state index contributed by atoms with van der Waals surface area (Å²) in [4.78, 5) is 15.4. The molecule has 20 heavy (non-hydrogen) atoms. The van der Waals surface area contributed by atoms with Crippen LogP contribution in [-0.4, -0.2) is 28.2 Å². The van der Waals surface area contributed by atoms with Gasteiger partial charge < -0.3 is 4.74 Å². The second kappa shape index (κ2) is 5.26. The quantitative estimate of drug-likeness (QED) is 0.692. The number of carbonyl (C=O) groups is 1. The van der Waals surface area contributed by atoms with Crippen molar-refractivity contribution in [2.75, 3.05) is 7.11 Å². The van der Waals surface area contributed by atoms with Crippen molar-refractivity contribution in [3.63, 3.8) is 0 Å². The van der Waals surface area contributed by atoms with Crippen LogP contribution in [0.5, 0.6) is 5.75 Å². The average molecular weight is 285 g/mol. The lowest BCUT2D eigenvalue weighted by Crippen LogP contribution is -1.94. The number of hydrogen-bond acceptors (Lipinski definition) is 5. The number of hydrogen-bond donors (Lipinski definition) is 0. The maximum atomic E-state index is 11.2. The van der Waals surface area contributed by atoms with Crippen LogP contribution in [0.3, 0.4) is 0 Å². The zero-order chi connectivity index (χ0) is 13.9. The lowest BCUT2D eigenvalue weighted by molar-refractivity contribution is 0.112. The van der Waals surface area contributed by atoms with Crippen LogP contribution in [-0.2, 0) is 0 Å². The van der Waals surface area contributed by atoms with E-state index in [4.69, 9.17) is 4.74 Å². The number of methoxy groups -OCH3 is 1. The molecule has 0 N–H and O–H groups in total. The summed E-state index contributed by atoms with van der Waals surface area (Å²) < 4.78 is 6.79. The van der Waals surface area contributed by atoms with E-state index in [-0.39, 0.29) is 0 Å². The maximum Gasteiger partial charge on any atom is 0.153 e. The summed E-state index contributed by atoms with van der Waals surface area (Å²) in [6.07, 6.45) is 4.19. The summed E-state index contributed by atoms with van der Waals surface area (Å²) in [6, 6.07) is 7.46. The molecule has 0 fully saturated rings. The SMILES string of the molecule is COc1ccc(-n2cc(C=O)c(-c3nccs3)n2)cc1. The minimum Gasteiger partial charge on any atom is -0.497 e. The summed E-state index contributed by atoms with van der Waals surface area (Å²) in [7, 11) is 1.62. The van der Waals surface area contributed by atoms with Crippen LogP contribution in [0, 0.1) is 0 Å². The number of benzene rings is 1. The third kappa shape index (κ3) is 2.21. The van der Waals surface area contributed by atoms with Crippen molar-refractivity contribution in [1.82, 2.24) is 14.8 Å². The third-order valence-corrected chi connectivity index (χ3v) is 3.62. The largest absolute Gasteiger partial charge is 0.497 e. The molecule has 0 aliphatic carbocycles. The first-order valence-electron chi connectivity index (χ1n) is 5.91. The fourth-order valence-electron chi connectivity index (χ4n) is 1.85. The number of aromatic nitrogens is 3. The Labute approximate surface area is 119 Å². The Morgan fingerprint density at radius 3 is 2.70 bits per heavy atom. The standard InChI is InChI=1S/C14H11N3O2S/c1-19-12-4-2-11(3-5-12)17-8-10(9-18)13(16-17)14-15-6-7-20-14/h2-9H,1H3. The molecule has 1 aromatic carbocycles. The van der Waals surface area contributed by atoms with Gasteiger partial charge in [-0.1, -0.05) is 0 Å². The molecular weight excluding hydrogens is 274 g/mol. The lowest BCUT2D eigenvalue weighted by Gasteiger charge is -2.02. The molecule has 0 radical (unpaired) electrons. The topological polar surface area (TPSA) is 57.0 Å². The van der Waals surface area contributed by atoms with Gasteiger partial charge in [0.05, 0.1) is 18.4 Å². The molecule has 2 aromatic heterocycles. The lowest BCUT2D eigenvalue weighted by atomic mass is 10.3. The van der Waals surface area contributed by atoms with Crippen LogP contribution in [0.15, 0.2) is 42.0 Å². The maximum absolute atomic E-state index is 11.2. The van der Waals surface area contributed by atoms with Crippen molar-refractivity contribution in [2.24, 2.45) is 0 Å². The number of thiazole rings is 1. The van der Waals surface area contributed by atoms with E-state index in [9.17, 15) is 4.79 Å². The fraction of sp³-hybridized carbons (Fsp3) is 0.0714. The Kier molecular flexibility index (Phi) is 3.30. The van der Waals surface area contributed by atoms with E-state index in [1.165, 1.54) is 11.3 Å². The molecule has 0 aliphatic heterocycles. The Morgan fingerprint density at radius 2 is 2.10 bits per heavy atom. The normalized spacial score (nSPS) is 10.4. The van der Waals surface area contributed by atoms with Crippen LogP contribution >= 0.6 is 11.3 Å². The van der Waals surface area contributed by atoms with Crippen LogP contribution < -0.4 is 4.74 Å². The van der Waals surface area contributed by atoms with Gasteiger partial charge >= 0.3 is 0 Å². The fourth-order valence-corrected chi connectivity index (χ4v) is 2.49. The van der Waals surface area contributed by atoms with Crippen LogP contribution in [0.1, 0.15) is 10.4 Å². The Morgan fingerprint density at radius 1 is 1.30 bits per heavy atom. The summed E-state index contributed by atoms with van der Waals surface area (Å²) in [6.45, 7) is 0. The van der Waals surface area contributed by atoms with Gasteiger partial charge in [0, 0.05) is 17.8 Å². The first-order valence-corrected chi connectivity index (χ1v) is 6.79. The van der Waals surface area contributed by atoms with E-state index < -0.39 is 0 Å². The number of nitrogens with zero attached hydrogens (tertiary/aromatic N) is 3. The van der Waals surface area contributed by atoms with Crippen LogP contribution in [0.25, 0.3) is 16.4 Å². The average Bonchev–Trinajstić information content (AvgIpc) is 3.16. The predicted molar refractivity (Wildman–Crippen MR) is 76.6 cm³/mol. The first kappa shape index (κ1) is 12.6. The molecule has 2 heterocycles. The minimum atomic E-state index is 0.524. The minimum absolute atomic E-state index is 0.524. The highest BCUT2D eigenvalue weighted by molar-refractivity contribution is 7.13. The molecule has 3 rings (SSSR count). The molecule has 0 spiro atoms. The van der Waals surface area contributed by atoms with E-state index in [0.717, 1.165) is 22.7 Å². The summed E-state index contributed by atoms with van der Waals surface area (Å²) >= 11 is 1.45. The molecule has 0 amide bonds. The van der Waals surface area contributed by atoms with Gasteiger partial charge in [-0.25, -0.2) is 9.67 Å². The first-order chi connectivity index (χ1) is 9.81. The van der Waals surface area contributed by atoms with Gasteiger partial charge in [-0.15, -0.1) is 11.3 Å². The zero-order valence-electron chi connectivity index (χ0n) is 10.7. The molecule has 5 nitrogen and oxygen atoms in total. The van der Waals surface area contributed by atoms with E-state index in [0.29, 0.717) is 11.3 Å². The van der Waals surface area contributed by atoms with Crippen molar-refractivity contribution in [1.29, 1.82) is 0 Å². The summed E-state index contributed by atoms with van der Waals surface area (Å²) in [5, 5.41) is 7.03. The van der Waals surface area contributed by atoms with Gasteiger partial charge in [0.2, 0.25) is 0 Å². The van der Waals surface area contributed by atoms with E-state index in [1.807, 2.05) is 29.6 Å². The number of aldehydes is 1. The summed E-state index contributed by atoms with van der Waals surface area (Å²) in [5.41, 5.74) is 1.98. The van der Waals surface area contributed by atoms with Crippen molar-refractivity contribution in [3.8, 4) is 22.1 Å². The molecule has 0 bridgehead atoms. The smallest absolute Gasteiger partial charge is 0.153 e. The van der Waals surface area contributed by atoms with Crippen molar-refractivity contribution >= 4 is 17.6 Å². The molecule has 3 aromatic rings. The highest BCUT2D eigenvalue weighted by atomic mass is 32.1. The molecule has 0 aliphatic rings. The molecular formula is C14H11N3O2S. The molecule has 0 saturated heterocycles. The highest BCUT2D eigenvalue weighted by Gasteiger charge is 2.13. The van der Waals surface area contributed by atoms with E-state index in [2.05, 4.69) is 10.1 Å². The van der Waals surface area contributed by atoms with Gasteiger partial charge in [0.1, 0.15) is 16.5 Å². The molecule has 0 unspecified atom stereocenters. The van der Waals surface area contributed by atoms with Crippen molar-refractivity contribution < 1.29 is 9.53 Å². The number of carbonyl (C=O) groups excluding carboxylic acids is 1. The zero-order valence-corrected chi connectivity index (χ0v) is 11.5. The molecule has 100 valence electrons. The van der Waals surface area contributed by atoms with Gasteiger partial charge in [0.25, 0.3) is 0 Å². The number of rotatable bonds is 4. The molecule has 6 heteroatoms. The Bertz CT molecular complexity index is 717. The van der Waals surface area contributed by atoms with Gasteiger partial charge in [0.15, 0.2) is 6.29 Å². The van der Waals surface area contributed by atoms with Gasteiger partial charge in [-0.3, -0.25) is 4.79 Å². The second-order valence-electron chi connectivity index (χ2n) is 4.03. The Balaban J connectivity index is 2.04. The monoisotopic (exact) mass is 285 g/mol. The second-order valence-corrected chi connectivity index (χ2v) is 4.93. The van der Waals surface area contributed by atoms with Gasteiger partial charge in [-0.2, -0.15) is 5.10 Å². The molecule has 0 atom stereocenters. The highest BCUT2D eigenvalue weighted by Crippen LogP contribution is 2.24. The molecule has 0 saturated carbocycles. The third-order valence-electron chi connectivity index (χ3n) is 2.84. The van der Waals surface area contributed by atoms with Crippen LogP contribution in [0.4, 0.5) is 0 Å². The van der Waals surface area contributed by atoms with Gasteiger partial charge in [-0.05, 0) is 24.3 Å². The number of ether oxygens (including phenoxy) is 1. The summed E-state index contributed by atoms with van der Waals surface area (Å²) in [5.74, 6) is 0.775. The van der Waals surface area contributed by atoms with E-state index >= 15 is 0 Å². The van der Waals surface area contributed by atoms with Crippen molar-refractivity contribution in [2.45, 2.75) is 0 Å². The van der Waals surface area contributed by atoms with Crippen molar-refractivity contribution in [3.05, 3.63) is 47.6 Å². The van der Waals surface area contributed by atoms with E-state index in [1.54, 1.807) is 24.2 Å². The predicted octanol–water partition coefficient (Wildman–Crippen LogP) is 2.82. The van der Waals surface area contributed by atoms with Crippen LogP contribution in [0.2, 0.25) is 0 Å².